The van der Waals surface area contributed by atoms with E-state index in [9.17, 15) is 0 Å². The number of hydrogen-bond donors (Lipinski definition) is 0. The number of ether oxygens (including phenoxy) is 4. The Morgan fingerprint density at radius 3 is 2.38 bits per heavy atom. The molecule has 10 heteroatoms. The molecule has 3 aromatic rings. The minimum absolute atomic E-state index is 0.0554. The van der Waals surface area contributed by atoms with Crippen molar-refractivity contribution in [3.05, 3.63) is 44.9 Å². The average Bonchev–Trinajstić information content (AvgIpc) is 3.35. The maximum atomic E-state index is 6.39. The zero-order chi connectivity index (χ0) is 22.8. The van der Waals surface area contributed by atoms with Crippen LogP contribution in [-0.2, 0) is 9.47 Å². The summed E-state index contributed by atoms with van der Waals surface area (Å²) in [6, 6.07) is 5.86. The first-order valence-electron chi connectivity index (χ1n) is 10.2. The van der Waals surface area contributed by atoms with Gasteiger partial charge < -0.3 is 23.5 Å². The van der Waals surface area contributed by atoms with Crippen molar-refractivity contribution in [2.75, 3.05) is 14.2 Å². The van der Waals surface area contributed by atoms with Gasteiger partial charge in [0.05, 0.1) is 31.8 Å². The van der Waals surface area contributed by atoms with Gasteiger partial charge in [0.1, 0.15) is 28.4 Å². The quantitative estimate of drug-likeness (QED) is 0.308. The Balaban J connectivity index is 1.62. The van der Waals surface area contributed by atoms with Crippen LogP contribution in [0.15, 0.2) is 28.9 Å². The molecule has 0 bridgehead atoms. The second kappa shape index (κ2) is 8.02. The molecule has 1 saturated heterocycles. The second-order valence-electron chi connectivity index (χ2n) is 8.49. The van der Waals surface area contributed by atoms with Gasteiger partial charge in [-0.05, 0) is 65.5 Å². The van der Waals surface area contributed by atoms with Gasteiger partial charge >= 0.3 is 0 Å². The van der Waals surface area contributed by atoms with Crippen molar-refractivity contribution in [3.8, 4) is 11.5 Å². The number of rotatable bonds is 4. The molecule has 2 fully saturated rings. The lowest BCUT2D eigenvalue weighted by atomic mass is 9.94. The summed E-state index contributed by atoms with van der Waals surface area (Å²) in [5, 5.41) is 1.12. The number of halogens is 3. The summed E-state index contributed by atoms with van der Waals surface area (Å²) in [6.07, 6.45) is 2.38. The maximum absolute atomic E-state index is 6.39. The van der Waals surface area contributed by atoms with Crippen LogP contribution in [-0.4, -0.2) is 46.7 Å². The van der Waals surface area contributed by atoms with E-state index in [0.29, 0.717) is 10.8 Å². The van der Waals surface area contributed by atoms with E-state index in [1.165, 1.54) is 0 Å². The summed E-state index contributed by atoms with van der Waals surface area (Å²) in [5.41, 5.74) is 1.73. The van der Waals surface area contributed by atoms with Crippen molar-refractivity contribution < 1.29 is 18.9 Å². The molecule has 0 unspecified atom stereocenters. The Hall–Kier alpha value is -1.58. The van der Waals surface area contributed by atoms with Gasteiger partial charge in [0, 0.05) is 22.7 Å². The van der Waals surface area contributed by atoms with E-state index in [1.807, 2.05) is 38.2 Å². The lowest BCUT2D eigenvalue weighted by Crippen LogP contribution is -2.27. The first-order chi connectivity index (χ1) is 15.2. The molecule has 170 valence electrons. The number of benzene rings is 1. The molecule has 0 N–H and O–H groups in total. The molecule has 32 heavy (non-hydrogen) atoms. The molecule has 0 spiro atoms. The summed E-state index contributed by atoms with van der Waals surface area (Å²) in [7, 11) is 3.29. The number of methoxy groups -OCH3 is 2. The lowest BCUT2D eigenvalue weighted by Gasteiger charge is -2.25. The number of fused-ring (bicyclic) bond motifs is 2. The van der Waals surface area contributed by atoms with Crippen LogP contribution in [0.5, 0.6) is 11.5 Å². The number of hydrogen-bond acceptors (Lipinski definition) is 6. The molecule has 2 aromatic heterocycles. The Bertz CT molecular complexity index is 1180. The number of nitrogens with zero attached hydrogens (tertiary/aromatic N) is 3. The second-order valence-corrected chi connectivity index (χ2v) is 10.0. The predicted molar refractivity (Wildman–Crippen MR) is 125 cm³/mol. The third-order valence-electron chi connectivity index (χ3n) is 6.15. The van der Waals surface area contributed by atoms with E-state index < -0.39 is 5.79 Å². The van der Waals surface area contributed by atoms with E-state index in [-0.39, 0.29) is 29.5 Å². The van der Waals surface area contributed by atoms with Crippen molar-refractivity contribution in [1.82, 2.24) is 14.5 Å². The molecule has 1 saturated carbocycles. The van der Waals surface area contributed by atoms with Gasteiger partial charge in [-0.1, -0.05) is 11.6 Å². The molecular formula is C22H22BrCl2N3O4. The SMILES string of the molecule is COc1cc(OC)cc([C@H]2C[C@@H](n3cc(Br)c4c(Cl)nc(Cl)nc43)[C@@H]3OC(C)(C)O[C@@H]32)c1. The summed E-state index contributed by atoms with van der Waals surface area (Å²) >= 11 is 16.1. The fourth-order valence-electron chi connectivity index (χ4n) is 4.89. The van der Waals surface area contributed by atoms with Crippen LogP contribution in [0.2, 0.25) is 10.4 Å². The first kappa shape index (κ1) is 22.2. The smallest absolute Gasteiger partial charge is 0.225 e. The van der Waals surface area contributed by atoms with Gasteiger partial charge in [0.15, 0.2) is 5.79 Å². The largest absolute Gasteiger partial charge is 0.497 e. The molecule has 5 rings (SSSR count). The Labute approximate surface area is 204 Å². The van der Waals surface area contributed by atoms with Gasteiger partial charge in [-0.15, -0.1) is 0 Å². The normalized spacial score (nSPS) is 26.5. The molecular weight excluding hydrogens is 521 g/mol. The van der Waals surface area contributed by atoms with Crippen molar-refractivity contribution in [3.63, 3.8) is 0 Å². The molecule has 0 amide bonds. The van der Waals surface area contributed by atoms with Crippen LogP contribution < -0.4 is 9.47 Å². The topological polar surface area (TPSA) is 67.6 Å². The van der Waals surface area contributed by atoms with E-state index in [1.54, 1.807) is 14.2 Å². The van der Waals surface area contributed by atoms with Crippen molar-refractivity contribution >= 4 is 50.2 Å². The van der Waals surface area contributed by atoms with Crippen LogP contribution in [0.4, 0.5) is 0 Å². The molecule has 7 nitrogen and oxygen atoms in total. The van der Waals surface area contributed by atoms with Gasteiger partial charge in [-0.3, -0.25) is 0 Å². The third-order valence-corrected chi connectivity index (χ3v) is 7.19. The minimum atomic E-state index is -0.709. The van der Waals surface area contributed by atoms with Crippen LogP contribution in [0, 0.1) is 0 Å². The highest BCUT2D eigenvalue weighted by Gasteiger charge is 2.55. The zero-order valence-corrected chi connectivity index (χ0v) is 21.0. The molecule has 2 aliphatic rings. The van der Waals surface area contributed by atoms with Crippen LogP contribution in [0.3, 0.4) is 0 Å². The minimum Gasteiger partial charge on any atom is -0.497 e. The standard InChI is InChI=1S/C22H22BrCl2N3O4/c1-22(2)31-17-13(10-5-11(29-3)7-12(6-10)30-4)8-15(18(17)32-22)28-9-14(23)16-19(24)26-21(25)27-20(16)28/h5-7,9,13,15,17-18H,8H2,1-4H3/t13-,15-,17-,18+/m1/s1. The summed E-state index contributed by atoms with van der Waals surface area (Å²) in [4.78, 5) is 8.56. The Morgan fingerprint density at radius 2 is 1.72 bits per heavy atom. The third kappa shape index (κ3) is 3.66. The molecule has 1 aliphatic heterocycles. The monoisotopic (exact) mass is 541 g/mol. The average molecular weight is 543 g/mol. The summed E-state index contributed by atoms with van der Waals surface area (Å²) in [6.45, 7) is 3.87. The highest BCUT2D eigenvalue weighted by molar-refractivity contribution is 9.10. The van der Waals surface area contributed by atoms with E-state index in [2.05, 4.69) is 30.5 Å². The molecule has 4 atom stereocenters. The lowest BCUT2D eigenvalue weighted by molar-refractivity contribution is -0.157. The number of aromatic nitrogens is 3. The fraction of sp³-hybridized carbons (Fsp3) is 0.455. The van der Waals surface area contributed by atoms with Gasteiger partial charge in [0.2, 0.25) is 5.28 Å². The highest BCUT2D eigenvalue weighted by Crippen LogP contribution is 2.52. The maximum Gasteiger partial charge on any atom is 0.225 e. The van der Waals surface area contributed by atoms with E-state index in [0.717, 1.165) is 33.3 Å². The molecule has 1 aromatic carbocycles. The van der Waals surface area contributed by atoms with E-state index in [4.69, 9.17) is 42.1 Å². The first-order valence-corrected chi connectivity index (χ1v) is 11.7. The van der Waals surface area contributed by atoms with Crippen LogP contribution >= 0.6 is 39.1 Å². The van der Waals surface area contributed by atoms with Crippen molar-refractivity contribution in [2.24, 2.45) is 0 Å². The van der Waals surface area contributed by atoms with E-state index >= 15 is 0 Å². The fourth-order valence-corrected chi connectivity index (χ4v) is 6.06. The molecule has 0 radical (unpaired) electrons. The van der Waals surface area contributed by atoms with Gasteiger partial charge in [-0.25, -0.2) is 4.98 Å². The molecule has 1 aliphatic carbocycles. The molecule has 3 heterocycles. The van der Waals surface area contributed by atoms with Gasteiger partial charge in [0.25, 0.3) is 0 Å². The Morgan fingerprint density at radius 1 is 1.06 bits per heavy atom. The zero-order valence-electron chi connectivity index (χ0n) is 17.9. The van der Waals surface area contributed by atoms with Crippen LogP contribution in [0.1, 0.15) is 37.8 Å². The predicted octanol–water partition coefficient (Wildman–Crippen LogP) is 5.77. The van der Waals surface area contributed by atoms with Crippen molar-refractivity contribution in [1.29, 1.82) is 0 Å². The van der Waals surface area contributed by atoms with Gasteiger partial charge in [-0.2, -0.15) is 4.98 Å². The van der Waals surface area contributed by atoms with Crippen LogP contribution in [0.25, 0.3) is 11.0 Å². The highest BCUT2D eigenvalue weighted by atomic mass is 79.9. The van der Waals surface area contributed by atoms with Crippen molar-refractivity contribution in [2.45, 2.75) is 50.2 Å². The Kier molecular flexibility index (Phi) is 5.57. The summed E-state index contributed by atoms with van der Waals surface area (Å²) < 4.78 is 26.7. The summed E-state index contributed by atoms with van der Waals surface area (Å²) in [5.74, 6) is 0.815.